The summed E-state index contributed by atoms with van der Waals surface area (Å²) < 4.78 is 43.6. The van der Waals surface area contributed by atoms with Crippen LogP contribution in [-0.2, 0) is 10.9 Å². The molecule has 1 aromatic rings. The van der Waals surface area contributed by atoms with Gasteiger partial charge >= 0.3 is 6.18 Å². The molecule has 0 bridgehead atoms. The third kappa shape index (κ3) is 4.25. The van der Waals surface area contributed by atoms with Gasteiger partial charge in [0.05, 0.1) is 11.7 Å². The first-order valence-electron chi connectivity index (χ1n) is 8.01. The number of carbonyl (C=O) groups is 1. The van der Waals surface area contributed by atoms with Crippen molar-refractivity contribution in [3.05, 3.63) is 35.4 Å². The van der Waals surface area contributed by atoms with E-state index in [1.165, 1.54) is 25.0 Å². The van der Waals surface area contributed by atoms with Gasteiger partial charge in [-0.15, -0.1) is 0 Å². The standard InChI is InChI=1S/C17H20F3NO2/c18-17(19,20)14-7-5-13(6-8-14)16(22)21-9-1-2-15(10-21)23-11-12-3-4-12/h5-8,12,15H,1-4,9-11H2. The first kappa shape index (κ1) is 16.3. The van der Waals surface area contributed by atoms with E-state index in [0.29, 0.717) is 24.6 Å². The number of piperidine rings is 1. The van der Waals surface area contributed by atoms with Gasteiger partial charge in [0.2, 0.25) is 0 Å². The van der Waals surface area contributed by atoms with Gasteiger partial charge in [0.15, 0.2) is 0 Å². The first-order chi connectivity index (χ1) is 10.9. The van der Waals surface area contributed by atoms with E-state index in [1.807, 2.05) is 0 Å². The molecule has 2 fully saturated rings. The molecule has 3 rings (SSSR count). The molecule has 1 saturated carbocycles. The highest BCUT2D eigenvalue weighted by atomic mass is 19.4. The van der Waals surface area contributed by atoms with Crippen LogP contribution in [0.4, 0.5) is 13.2 Å². The Kier molecular flexibility index (Phi) is 4.62. The molecule has 126 valence electrons. The van der Waals surface area contributed by atoms with Gasteiger partial charge in [-0.3, -0.25) is 4.79 Å². The number of nitrogens with zero attached hydrogens (tertiary/aromatic N) is 1. The van der Waals surface area contributed by atoms with Crippen molar-refractivity contribution in [3.63, 3.8) is 0 Å². The predicted octanol–water partition coefficient (Wildman–Crippen LogP) is 3.74. The molecule has 1 unspecified atom stereocenters. The smallest absolute Gasteiger partial charge is 0.376 e. The Morgan fingerprint density at radius 2 is 1.87 bits per heavy atom. The molecule has 23 heavy (non-hydrogen) atoms. The van der Waals surface area contributed by atoms with E-state index in [0.717, 1.165) is 31.6 Å². The van der Waals surface area contributed by atoms with Gasteiger partial charge in [-0.05, 0) is 55.9 Å². The number of benzene rings is 1. The van der Waals surface area contributed by atoms with E-state index in [-0.39, 0.29) is 12.0 Å². The van der Waals surface area contributed by atoms with E-state index < -0.39 is 11.7 Å². The monoisotopic (exact) mass is 327 g/mol. The van der Waals surface area contributed by atoms with Gasteiger partial charge in [-0.2, -0.15) is 13.2 Å². The zero-order valence-corrected chi connectivity index (χ0v) is 12.8. The molecule has 1 aromatic carbocycles. The van der Waals surface area contributed by atoms with Gasteiger partial charge in [0.25, 0.3) is 5.91 Å². The van der Waals surface area contributed by atoms with Crippen LogP contribution < -0.4 is 0 Å². The maximum Gasteiger partial charge on any atom is 0.416 e. The first-order valence-corrected chi connectivity index (χ1v) is 8.01. The average Bonchev–Trinajstić information content (AvgIpc) is 3.36. The number of carbonyl (C=O) groups excluding carboxylic acids is 1. The molecule has 1 saturated heterocycles. The van der Waals surface area contributed by atoms with Crippen LogP contribution in [0.3, 0.4) is 0 Å². The van der Waals surface area contributed by atoms with Crippen molar-refractivity contribution in [1.29, 1.82) is 0 Å². The largest absolute Gasteiger partial charge is 0.416 e. The molecule has 0 N–H and O–H groups in total. The summed E-state index contributed by atoms with van der Waals surface area (Å²) in [5.41, 5.74) is -0.445. The van der Waals surface area contributed by atoms with Crippen LogP contribution in [0.25, 0.3) is 0 Å². The molecule has 2 aliphatic rings. The fraction of sp³-hybridized carbons (Fsp3) is 0.588. The van der Waals surface area contributed by atoms with Crippen LogP contribution in [0.5, 0.6) is 0 Å². The molecule has 3 nitrogen and oxygen atoms in total. The van der Waals surface area contributed by atoms with Crippen molar-refractivity contribution < 1.29 is 22.7 Å². The SMILES string of the molecule is O=C(c1ccc(C(F)(F)F)cc1)N1CCCC(OCC2CC2)C1. The van der Waals surface area contributed by atoms with Gasteiger partial charge < -0.3 is 9.64 Å². The van der Waals surface area contributed by atoms with Crippen LogP contribution in [0.2, 0.25) is 0 Å². The zero-order chi connectivity index (χ0) is 16.4. The predicted molar refractivity (Wildman–Crippen MR) is 79.0 cm³/mol. The summed E-state index contributed by atoms with van der Waals surface area (Å²) in [4.78, 5) is 14.1. The van der Waals surface area contributed by atoms with E-state index in [2.05, 4.69) is 0 Å². The lowest BCUT2D eigenvalue weighted by molar-refractivity contribution is -0.137. The zero-order valence-electron chi connectivity index (χ0n) is 12.8. The summed E-state index contributed by atoms with van der Waals surface area (Å²) in [6, 6.07) is 4.41. The highest BCUT2D eigenvalue weighted by Crippen LogP contribution is 2.31. The highest BCUT2D eigenvalue weighted by molar-refractivity contribution is 5.94. The lowest BCUT2D eigenvalue weighted by atomic mass is 10.1. The number of rotatable bonds is 4. The van der Waals surface area contributed by atoms with E-state index in [1.54, 1.807) is 4.90 Å². The lowest BCUT2D eigenvalue weighted by Crippen LogP contribution is -2.43. The van der Waals surface area contributed by atoms with Gasteiger partial charge in [0, 0.05) is 25.3 Å². The number of likely N-dealkylation sites (tertiary alicyclic amines) is 1. The second-order valence-electron chi connectivity index (χ2n) is 6.37. The second-order valence-corrected chi connectivity index (χ2v) is 6.37. The topological polar surface area (TPSA) is 29.5 Å². The molecule has 6 heteroatoms. The number of hydrogen-bond acceptors (Lipinski definition) is 2. The molecule has 1 aliphatic carbocycles. The van der Waals surface area contributed by atoms with Gasteiger partial charge in [0.1, 0.15) is 0 Å². The van der Waals surface area contributed by atoms with Crippen molar-refractivity contribution in [2.45, 2.75) is 38.0 Å². The summed E-state index contributed by atoms with van der Waals surface area (Å²) >= 11 is 0. The number of alkyl halides is 3. The number of amides is 1. The highest BCUT2D eigenvalue weighted by Gasteiger charge is 2.31. The van der Waals surface area contributed by atoms with Crippen molar-refractivity contribution >= 4 is 5.91 Å². The van der Waals surface area contributed by atoms with Gasteiger partial charge in [-0.25, -0.2) is 0 Å². The van der Waals surface area contributed by atoms with Crippen molar-refractivity contribution in [2.24, 2.45) is 5.92 Å². The van der Waals surface area contributed by atoms with E-state index >= 15 is 0 Å². The van der Waals surface area contributed by atoms with Crippen LogP contribution in [-0.4, -0.2) is 36.6 Å². The Labute approximate surface area is 133 Å². The third-order valence-electron chi connectivity index (χ3n) is 4.39. The Bertz CT molecular complexity index is 552. The Hall–Kier alpha value is -1.56. The molecule has 1 heterocycles. The minimum Gasteiger partial charge on any atom is -0.376 e. The molecule has 1 amide bonds. The Morgan fingerprint density at radius 3 is 2.48 bits per heavy atom. The van der Waals surface area contributed by atoms with E-state index in [9.17, 15) is 18.0 Å². The molecule has 0 spiro atoms. The summed E-state index contributed by atoms with van der Waals surface area (Å²) in [5.74, 6) is 0.453. The molecule has 1 atom stereocenters. The van der Waals surface area contributed by atoms with Crippen LogP contribution in [0, 0.1) is 5.92 Å². The second kappa shape index (κ2) is 6.51. The molecule has 0 radical (unpaired) electrons. The normalized spacial score (nSPS) is 22.2. The molecule has 1 aliphatic heterocycles. The van der Waals surface area contributed by atoms with E-state index in [4.69, 9.17) is 4.74 Å². The Balaban J connectivity index is 1.59. The molecular formula is C17H20F3NO2. The summed E-state index contributed by atoms with van der Waals surface area (Å²) in [6.45, 7) is 1.91. The number of halogens is 3. The van der Waals surface area contributed by atoms with Crippen LogP contribution in [0.15, 0.2) is 24.3 Å². The number of ether oxygens (including phenoxy) is 1. The fourth-order valence-electron chi connectivity index (χ4n) is 2.80. The van der Waals surface area contributed by atoms with Crippen molar-refractivity contribution in [2.75, 3.05) is 19.7 Å². The van der Waals surface area contributed by atoms with Crippen LogP contribution in [0.1, 0.15) is 41.6 Å². The minimum atomic E-state index is -4.38. The Morgan fingerprint density at radius 1 is 1.17 bits per heavy atom. The van der Waals surface area contributed by atoms with Gasteiger partial charge in [-0.1, -0.05) is 0 Å². The summed E-state index contributed by atoms with van der Waals surface area (Å²) in [5, 5.41) is 0. The maximum atomic E-state index is 12.6. The van der Waals surface area contributed by atoms with Crippen LogP contribution >= 0.6 is 0 Å². The maximum absolute atomic E-state index is 12.6. The average molecular weight is 327 g/mol. The third-order valence-corrected chi connectivity index (χ3v) is 4.39. The quantitative estimate of drug-likeness (QED) is 0.843. The summed E-state index contributed by atoms with van der Waals surface area (Å²) in [6.07, 6.45) is -0.0932. The minimum absolute atomic E-state index is 0.0442. The van der Waals surface area contributed by atoms with Crippen molar-refractivity contribution in [1.82, 2.24) is 4.90 Å². The fourth-order valence-corrected chi connectivity index (χ4v) is 2.80. The van der Waals surface area contributed by atoms with Crippen molar-refractivity contribution in [3.8, 4) is 0 Å². The number of hydrogen-bond donors (Lipinski definition) is 0. The summed E-state index contributed by atoms with van der Waals surface area (Å²) in [7, 11) is 0. The molecule has 0 aromatic heterocycles. The lowest BCUT2D eigenvalue weighted by Gasteiger charge is -2.32. The molecular weight excluding hydrogens is 307 g/mol.